The van der Waals surface area contributed by atoms with Gasteiger partial charge < -0.3 is 14.9 Å². The molecule has 0 aromatic carbocycles. The fraction of sp³-hybridized carbons (Fsp3) is 0.944. The van der Waals surface area contributed by atoms with E-state index in [-0.39, 0.29) is 12.2 Å². The van der Waals surface area contributed by atoms with Gasteiger partial charge in [0.05, 0.1) is 12.2 Å². The highest BCUT2D eigenvalue weighted by Crippen LogP contribution is 2.16. The molecule has 0 saturated heterocycles. The van der Waals surface area contributed by atoms with Gasteiger partial charge in [-0.3, -0.25) is 9.59 Å². The van der Waals surface area contributed by atoms with E-state index in [0.717, 1.165) is 89.9 Å². The van der Waals surface area contributed by atoms with E-state index in [9.17, 15) is 19.8 Å². The van der Waals surface area contributed by atoms with Crippen molar-refractivity contribution in [2.75, 3.05) is 0 Å². The van der Waals surface area contributed by atoms with Gasteiger partial charge >= 0.3 is 11.9 Å². The lowest BCUT2D eigenvalue weighted by molar-refractivity contribution is -0.159. The van der Waals surface area contributed by atoms with Crippen LogP contribution in [0.25, 0.3) is 0 Å². The summed E-state index contributed by atoms with van der Waals surface area (Å²) in [6.07, 6.45) is 31.7. The van der Waals surface area contributed by atoms with Crippen LogP contribution in [0.5, 0.6) is 0 Å². The molecule has 2 unspecified atom stereocenters. The van der Waals surface area contributed by atoms with Gasteiger partial charge in [0.1, 0.15) is 0 Å². The second-order valence-electron chi connectivity index (χ2n) is 12.6. The summed E-state index contributed by atoms with van der Waals surface area (Å²) in [6, 6.07) is 0. The van der Waals surface area contributed by atoms with Crippen LogP contribution >= 0.6 is 0 Å². The molecule has 0 aliphatic heterocycles. The van der Waals surface area contributed by atoms with E-state index < -0.39 is 11.9 Å². The van der Waals surface area contributed by atoms with Crippen molar-refractivity contribution in [3.05, 3.63) is 0 Å². The van der Waals surface area contributed by atoms with Crippen molar-refractivity contribution in [3.63, 3.8) is 0 Å². The lowest BCUT2D eigenvalue weighted by Crippen LogP contribution is -2.12. The third kappa shape index (κ3) is 31.8. The van der Waals surface area contributed by atoms with Crippen LogP contribution in [0.3, 0.4) is 0 Å². The van der Waals surface area contributed by atoms with Crippen LogP contribution in [0.1, 0.15) is 206 Å². The van der Waals surface area contributed by atoms with Gasteiger partial charge in [-0.1, -0.05) is 155 Å². The summed E-state index contributed by atoms with van der Waals surface area (Å²) in [7, 11) is 0. The highest BCUT2D eigenvalue weighted by atomic mass is 16.6. The zero-order valence-electron chi connectivity index (χ0n) is 27.5. The van der Waals surface area contributed by atoms with Crippen molar-refractivity contribution < 1.29 is 24.5 Å². The Bertz CT molecular complexity index is 516. The molecule has 0 aliphatic rings. The van der Waals surface area contributed by atoms with E-state index in [4.69, 9.17) is 4.74 Å². The first-order valence-electron chi connectivity index (χ1n) is 18.1. The summed E-state index contributed by atoms with van der Waals surface area (Å²) >= 11 is 0. The van der Waals surface area contributed by atoms with E-state index >= 15 is 0 Å². The fourth-order valence-corrected chi connectivity index (χ4v) is 5.55. The standard InChI is InChI=1S/C36H70O5/c1-3-5-7-9-11-13-15-21-27-33(37)29-23-17-19-25-31-35(39)41-36(40)32-26-20-18-24-30-34(38)28-22-16-14-12-10-8-6-4-2/h33-34,37-38H,3-32H2,1-2H3. The molecule has 0 aromatic rings. The second kappa shape index (κ2) is 32.0. The average molecular weight is 583 g/mol. The van der Waals surface area contributed by atoms with Crippen LogP contribution in [-0.2, 0) is 14.3 Å². The largest absolute Gasteiger partial charge is 0.393 e. The first-order chi connectivity index (χ1) is 20.0. The number of esters is 2. The molecule has 41 heavy (non-hydrogen) atoms. The van der Waals surface area contributed by atoms with Gasteiger partial charge in [-0.05, 0) is 38.5 Å². The normalized spacial score (nSPS) is 12.9. The maximum Gasteiger partial charge on any atom is 0.313 e. The highest BCUT2D eigenvalue weighted by molar-refractivity contribution is 5.85. The molecule has 0 spiro atoms. The topological polar surface area (TPSA) is 83.8 Å². The fourth-order valence-electron chi connectivity index (χ4n) is 5.55. The molecule has 5 heteroatoms. The SMILES string of the molecule is CCCCCCCCCCC(O)CCCCCCC(=O)OC(=O)CCCCCCC(O)CCCCCCCCCC. The van der Waals surface area contributed by atoms with Gasteiger partial charge in [0.2, 0.25) is 0 Å². The minimum absolute atomic E-state index is 0.192. The quantitative estimate of drug-likeness (QED) is 0.0468. The lowest BCUT2D eigenvalue weighted by atomic mass is 10.0. The van der Waals surface area contributed by atoms with Crippen LogP contribution in [0, 0.1) is 0 Å². The molecule has 2 N–H and O–H groups in total. The van der Waals surface area contributed by atoms with Crippen LogP contribution in [-0.4, -0.2) is 34.4 Å². The van der Waals surface area contributed by atoms with Crippen molar-refractivity contribution in [1.29, 1.82) is 0 Å². The number of rotatable bonds is 32. The third-order valence-electron chi connectivity index (χ3n) is 8.35. The molecule has 0 amide bonds. The monoisotopic (exact) mass is 583 g/mol. The van der Waals surface area contributed by atoms with Gasteiger partial charge in [0.15, 0.2) is 0 Å². The maximum absolute atomic E-state index is 11.9. The first kappa shape index (κ1) is 40.1. The molecule has 0 saturated carbocycles. The number of unbranched alkanes of at least 4 members (excludes halogenated alkanes) is 20. The van der Waals surface area contributed by atoms with Gasteiger partial charge in [-0.25, -0.2) is 0 Å². The summed E-state index contributed by atoms with van der Waals surface area (Å²) in [6.45, 7) is 4.49. The number of aliphatic hydroxyl groups excluding tert-OH is 2. The van der Waals surface area contributed by atoms with Gasteiger partial charge in [0, 0.05) is 12.8 Å². The first-order valence-corrected chi connectivity index (χ1v) is 18.1. The summed E-state index contributed by atoms with van der Waals surface area (Å²) in [4.78, 5) is 23.9. The molecular weight excluding hydrogens is 512 g/mol. The van der Waals surface area contributed by atoms with Gasteiger partial charge in [-0.15, -0.1) is 0 Å². The third-order valence-corrected chi connectivity index (χ3v) is 8.35. The van der Waals surface area contributed by atoms with Crippen molar-refractivity contribution in [1.82, 2.24) is 0 Å². The zero-order valence-corrected chi connectivity index (χ0v) is 27.5. The molecule has 2 atom stereocenters. The number of carbonyl (C=O) groups excluding carboxylic acids is 2. The number of carbonyl (C=O) groups is 2. The van der Waals surface area contributed by atoms with E-state index in [2.05, 4.69) is 13.8 Å². The maximum atomic E-state index is 11.9. The Morgan fingerprint density at radius 2 is 0.659 bits per heavy atom. The molecule has 0 aliphatic carbocycles. The molecule has 0 rings (SSSR count). The Morgan fingerprint density at radius 1 is 0.415 bits per heavy atom. The Kier molecular flexibility index (Phi) is 31.3. The smallest absolute Gasteiger partial charge is 0.313 e. The Hall–Kier alpha value is -0.940. The molecule has 0 fully saturated rings. The summed E-state index contributed by atoms with van der Waals surface area (Å²) in [5, 5.41) is 20.3. The minimum Gasteiger partial charge on any atom is -0.393 e. The molecule has 244 valence electrons. The summed E-state index contributed by atoms with van der Waals surface area (Å²) in [5.74, 6) is -0.817. The predicted octanol–water partition coefficient (Wildman–Crippen LogP) is 10.5. The molecule has 0 heterocycles. The van der Waals surface area contributed by atoms with Crippen molar-refractivity contribution >= 4 is 11.9 Å². The van der Waals surface area contributed by atoms with Gasteiger partial charge in [-0.2, -0.15) is 0 Å². The minimum atomic E-state index is -0.409. The summed E-state index contributed by atoms with van der Waals surface area (Å²) in [5.41, 5.74) is 0. The Labute approximate surface area is 255 Å². The average Bonchev–Trinajstić information content (AvgIpc) is 2.95. The molecule has 0 aromatic heterocycles. The Balaban J connectivity index is 3.46. The summed E-state index contributed by atoms with van der Waals surface area (Å²) < 4.78 is 4.96. The number of ether oxygens (including phenoxy) is 1. The van der Waals surface area contributed by atoms with Crippen LogP contribution in [0.4, 0.5) is 0 Å². The van der Waals surface area contributed by atoms with Crippen LogP contribution in [0.2, 0.25) is 0 Å². The van der Waals surface area contributed by atoms with Gasteiger partial charge in [0.25, 0.3) is 0 Å². The number of hydrogen-bond donors (Lipinski definition) is 2. The van der Waals surface area contributed by atoms with E-state index in [0.29, 0.717) is 12.8 Å². The lowest BCUT2D eigenvalue weighted by Gasteiger charge is -2.10. The number of hydrogen-bond acceptors (Lipinski definition) is 5. The van der Waals surface area contributed by atoms with Crippen LogP contribution < -0.4 is 0 Å². The van der Waals surface area contributed by atoms with E-state index in [1.165, 1.54) is 89.9 Å². The number of aliphatic hydroxyl groups is 2. The zero-order chi connectivity index (χ0) is 30.2. The van der Waals surface area contributed by atoms with Crippen molar-refractivity contribution in [2.45, 2.75) is 219 Å². The Morgan fingerprint density at radius 3 is 0.951 bits per heavy atom. The van der Waals surface area contributed by atoms with E-state index in [1.807, 2.05) is 0 Å². The molecular formula is C36H70O5. The molecule has 5 nitrogen and oxygen atoms in total. The highest BCUT2D eigenvalue weighted by Gasteiger charge is 2.11. The van der Waals surface area contributed by atoms with E-state index in [1.54, 1.807) is 0 Å². The van der Waals surface area contributed by atoms with Crippen molar-refractivity contribution in [2.24, 2.45) is 0 Å². The molecule has 0 bridgehead atoms. The molecule has 0 radical (unpaired) electrons. The van der Waals surface area contributed by atoms with Crippen molar-refractivity contribution in [3.8, 4) is 0 Å². The predicted molar refractivity (Wildman–Crippen MR) is 173 cm³/mol. The second-order valence-corrected chi connectivity index (χ2v) is 12.6. The van der Waals surface area contributed by atoms with Crippen LogP contribution in [0.15, 0.2) is 0 Å².